The maximum absolute atomic E-state index is 12.1. The lowest BCUT2D eigenvalue weighted by Gasteiger charge is -2.08. The van der Waals surface area contributed by atoms with Crippen LogP contribution in [0.15, 0.2) is 85.2 Å². The van der Waals surface area contributed by atoms with E-state index in [1.165, 1.54) is 0 Å². The van der Waals surface area contributed by atoms with E-state index in [0.29, 0.717) is 11.4 Å². The van der Waals surface area contributed by atoms with E-state index in [-0.39, 0.29) is 12.5 Å². The Hall–Kier alpha value is -3.60. The van der Waals surface area contributed by atoms with Crippen molar-refractivity contribution in [2.45, 2.75) is 0 Å². The van der Waals surface area contributed by atoms with Gasteiger partial charge in [0.25, 0.3) is 5.91 Å². The van der Waals surface area contributed by atoms with Crippen LogP contribution < -0.4 is 10.1 Å². The second kappa shape index (κ2) is 7.11. The topological polar surface area (TPSA) is 56.1 Å². The number of para-hydroxylation sites is 2. The van der Waals surface area contributed by atoms with Crippen LogP contribution >= 0.6 is 0 Å². The third kappa shape index (κ3) is 3.42. The molecular weight excluding hydrogens is 326 g/mol. The highest BCUT2D eigenvalue weighted by Gasteiger charge is 2.08. The molecule has 0 aliphatic rings. The molecule has 1 heterocycles. The Balaban J connectivity index is 1.47. The number of rotatable bonds is 5. The molecule has 0 radical (unpaired) electrons. The van der Waals surface area contributed by atoms with Crippen molar-refractivity contribution in [3.05, 3.63) is 85.2 Å². The van der Waals surface area contributed by atoms with E-state index >= 15 is 0 Å². The van der Waals surface area contributed by atoms with Crippen molar-refractivity contribution in [1.82, 2.24) is 9.55 Å². The van der Waals surface area contributed by atoms with Crippen LogP contribution in [0.2, 0.25) is 0 Å². The van der Waals surface area contributed by atoms with Crippen molar-refractivity contribution in [3.63, 3.8) is 0 Å². The molecule has 26 heavy (non-hydrogen) atoms. The van der Waals surface area contributed by atoms with Gasteiger partial charge in [0.1, 0.15) is 12.1 Å². The lowest BCUT2D eigenvalue weighted by atomic mass is 10.2. The molecule has 0 saturated carbocycles. The molecule has 0 saturated heterocycles. The number of fused-ring (bicyclic) bond motifs is 1. The number of aromatic nitrogens is 2. The van der Waals surface area contributed by atoms with Crippen molar-refractivity contribution >= 4 is 22.6 Å². The van der Waals surface area contributed by atoms with Crippen molar-refractivity contribution < 1.29 is 9.53 Å². The van der Waals surface area contributed by atoms with Gasteiger partial charge in [-0.3, -0.25) is 9.36 Å². The zero-order valence-electron chi connectivity index (χ0n) is 14.0. The second-order valence-corrected chi connectivity index (χ2v) is 5.80. The average Bonchev–Trinajstić information content (AvgIpc) is 3.11. The van der Waals surface area contributed by atoms with Crippen molar-refractivity contribution in [1.29, 1.82) is 0 Å². The fourth-order valence-corrected chi connectivity index (χ4v) is 2.75. The van der Waals surface area contributed by atoms with Crippen molar-refractivity contribution in [3.8, 4) is 11.4 Å². The molecule has 1 aromatic heterocycles. The SMILES string of the molecule is O=C(COc1ccccc1)Nc1ccc2c(c1)ncn2-c1ccccc1. The fourth-order valence-electron chi connectivity index (χ4n) is 2.75. The Morgan fingerprint density at radius 1 is 0.962 bits per heavy atom. The first kappa shape index (κ1) is 15.9. The lowest BCUT2D eigenvalue weighted by Crippen LogP contribution is -2.20. The highest BCUT2D eigenvalue weighted by atomic mass is 16.5. The Labute approximate surface area is 150 Å². The summed E-state index contributed by atoms with van der Waals surface area (Å²) in [5, 5.41) is 2.84. The van der Waals surface area contributed by atoms with Crippen LogP contribution in [-0.4, -0.2) is 22.1 Å². The monoisotopic (exact) mass is 343 g/mol. The number of benzene rings is 3. The van der Waals surface area contributed by atoms with Crippen molar-refractivity contribution in [2.75, 3.05) is 11.9 Å². The van der Waals surface area contributed by atoms with E-state index in [2.05, 4.69) is 10.3 Å². The summed E-state index contributed by atoms with van der Waals surface area (Å²) in [5.74, 6) is 0.454. The molecule has 4 rings (SSSR count). The molecule has 3 aromatic carbocycles. The molecule has 0 unspecified atom stereocenters. The number of nitrogens with zero attached hydrogens (tertiary/aromatic N) is 2. The van der Waals surface area contributed by atoms with E-state index in [9.17, 15) is 4.79 Å². The van der Waals surface area contributed by atoms with Gasteiger partial charge in [-0.25, -0.2) is 4.98 Å². The maximum atomic E-state index is 12.1. The van der Waals surface area contributed by atoms with Gasteiger partial charge in [0.15, 0.2) is 6.61 Å². The van der Waals surface area contributed by atoms with Crippen LogP contribution in [0, 0.1) is 0 Å². The Bertz CT molecular complexity index is 1030. The first-order valence-corrected chi connectivity index (χ1v) is 8.30. The zero-order valence-corrected chi connectivity index (χ0v) is 14.0. The minimum absolute atomic E-state index is 0.0412. The van der Waals surface area contributed by atoms with E-state index in [1.54, 1.807) is 6.33 Å². The fraction of sp³-hybridized carbons (Fsp3) is 0.0476. The van der Waals surface area contributed by atoms with Gasteiger partial charge in [0.05, 0.1) is 11.0 Å². The Morgan fingerprint density at radius 2 is 1.69 bits per heavy atom. The summed E-state index contributed by atoms with van der Waals surface area (Å²) in [4.78, 5) is 16.5. The predicted molar refractivity (Wildman–Crippen MR) is 102 cm³/mol. The van der Waals surface area contributed by atoms with Crippen LogP contribution in [0.25, 0.3) is 16.7 Å². The van der Waals surface area contributed by atoms with Gasteiger partial charge in [-0.15, -0.1) is 0 Å². The Morgan fingerprint density at radius 3 is 2.46 bits per heavy atom. The van der Waals surface area contributed by atoms with Crippen LogP contribution in [0.4, 0.5) is 5.69 Å². The zero-order chi connectivity index (χ0) is 17.8. The summed E-state index contributed by atoms with van der Waals surface area (Å²) >= 11 is 0. The molecule has 0 atom stereocenters. The molecular formula is C21H17N3O2. The molecule has 0 bridgehead atoms. The first-order valence-electron chi connectivity index (χ1n) is 8.30. The van der Waals surface area contributed by atoms with Crippen LogP contribution in [0.1, 0.15) is 0 Å². The number of carbonyl (C=O) groups excluding carboxylic acids is 1. The molecule has 0 fully saturated rings. The van der Waals surface area contributed by atoms with Crippen LogP contribution in [-0.2, 0) is 4.79 Å². The summed E-state index contributed by atoms with van der Waals surface area (Å²) in [6, 6.07) is 24.9. The number of anilines is 1. The molecule has 1 N–H and O–H groups in total. The molecule has 128 valence electrons. The highest BCUT2D eigenvalue weighted by molar-refractivity contribution is 5.94. The minimum Gasteiger partial charge on any atom is -0.484 e. The molecule has 5 nitrogen and oxygen atoms in total. The minimum atomic E-state index is -0.212. The number of imidazole rings is 1. The number of amides is 1. The molecule has 0 aliphatic carbocycles. The molecule has 1 amide bonds. The number of hydrogen-bond acceptors (Lipinski definition) is 3. The maximum Gasteiger partial charge on any atom is 0.262 e. The molecule has 0 aliphatic heterocycles. The van der Waals surface area contributed by atoms with Gasteiger partial charge >= 0.3 is 0 Å². The molecule has 4 aromatic rings. The van der Waals surface area contributed by atoms with E-state index in [4.69, 9.17) is 4.74 Å². The third-order valence-electron chi connectivity index (χ3n) is 3.98. The smallest absolute Gasteiger partial charge is 0.262 e. The largest absolute Gasteiger partial charge is 0.484 e. The van der Waals surface area contributed by atoms with Gasteiger partial charge in [-0.1, -0.05) is 36.4 Å². The van der Waals surface area contributed by atoms with Gasteiger partial charge in [0.2, 0.25) is 0 Å². The summed E-state index contributed by atoms with van der Waals surface area (Å²) in [6.07, 6.45) is 1.78. The normalized spacial score (nSPS) is 10.6. The third-order valence-corrected chi connectivity index (χ3v) is 3.98. The van der Waals surface area contributed by atoms with E-state index < -0.39 is 0 Å². The van der Waals surface area contributed by atoms with Gasteiger partial charge < -0.3 is 10.1 Å². The molecule has 5 heteroatoms. The van der Waals surface area contributed by atoms with Gasteiger partial charge in [0, 0.05) is 11.4 Å². The number of carbonyl (C=O) groups is 1. The summed E-state index contributed by atoms with van der Waals surface area (Å²) < 4.78 is 7.47. The summed E-state index contributed by atoms with van der Waals surface area (Å²) in [5.41, 5.74) is 3.53. The van der Waals surface area contributed by atoms with Gasteiger partial charge in [-0.2, -0.15) is 0 Å². The molecule has 0 spiro atoms. The second-order valence-electron chi connectivity index (χ2n) is 5.80. The predicted octanol–water partition coefficient (Wildman–Crippen LogP) is 4.04. The number of ether oxygens (including phenoxy) is 1. The lowest BCUT2D eigenvalue weighted by molar-refractivity contribution is -0.118. The van der Waals surface area contributed by atoms with Crippen LogP contribution in [0.3, 0.4) is 0 Å². The summed E-state index contributed by atoms with van der Waals surface area (Å²) in [7, 11) is 0. The van der Waals surface area contributed by atoms with E-state index in [0.717, 1.165) is 16.7 Å². The quantitative estimate of drug-likeness (QED) is 0.595. The number of hydrogen-bond donors (Lipinski definition) is 1. The Kier molecular flexibility index (Phi) is 4.35. The first-order chi connectivity index (χ1) is 12.8. The standard InChI is InChI=1S/C21H17N3O2/c25-21(14-26-18-9-5-2-6-10-18)23-16-11-12-20-19(13-16)22-15-24(20)17-7-3-1-4-8-17/h1-13,15H,14H2,(H,23,25). The van der Waals surface area contributed by atoms with Crippen LogP contribution in [0.5, 0.6) is 5.75 Å². The number of nitrogens with one attached hydrogen (secondary N) is 1. The van der Waals surface area contributed by atoms with Crippen molar-refractivity contribution in [2.24, 2.45) is 0 Å². The summed E-state index contributed by atoms with van der Waals surface area (Å²) in [6.45, 7) is -0.0412. The average molecular weight is 343 g/mol. The highest BCUT2D eigenvalue weighted by Crippen LogP contribution is 2.21. The van der Waals surface area contributed by atoms with E-state index in [1.807, 2.05) is 83.4 Å². The van der Waals surface area contributed by atoms with Gasteiger partial charge in [-0.05, 0) is 42.5 Å².